The second-order valence-electron chi connectivity index (χ2n) is 7.56. The molecule has 0 bridgehead atoms. The first-order chi connectivity index (χ1) is 14.2. The number of amides is 2. The predicted molar refractivity (Wildman–Crippen MR) is 115 cm³/mol. The molecule has 1 aromatic carbocycles. The summed E-state index contributed by atoms with van der Waals surface area (Å²) < 4.78 is 5.18. The number of benzene rings is 1. The molecule has 160 valence electrons. The van der Waals surface area contributed by atoms with Crippen LogP contribution in [-0.4, -0.2) is 59.9 Å². The molecule has 2 amide bonds. The fraction of sp³-hybridized carbons (Fsp3) is 0.409. The van der Waals surface area contributed by atoms with E-state index in [9.17, 15) is 9.59 Å². The third-order valence-corrected chi connectivity index (χ3v) is 5.69. The largest absolute Gasteiger partial charge is 0.497 e. The van der Waals surface area contributed by atoms with Crippen molar-refractivity contribution in [2.45, 2.75) is 19.0 Å². The monoisotopic (exact) mass is 430 g/mol. The van der Waals surface area contributed by atoms with Gasteiger partial charge in [0.25, 0.3) is 0 Å². The molecule has 2 aliphatic heterocycles. The highest BCUT2D eigenvalue weighted by atomic mass is 35.5. The van der Waals surface area contributed by atoms with E-state index in [0.29, 0.717) is 26.2 Å². The Bertz CT molecular complexity index is 862. The summed E-state index contributed by atoms with van der Waals surface area (Å²) >= 11 is 0. The molecular formula is C22H27ClN4O3. The topological polar surface area (TPSA) is 74.8 Å². The van der Waals surface area contributed by atoms with Gasteiger partial charge >= 0.3 is 0 Å². The van der Waals surface area contributed by atoms with Gasteiger partial charge in [0.1, 0.15) is 5.75 Å². The zero-order valence-electron chi connectivity index (χ0n) is 17.0. The van der Waals surface area contributed by atoms with Crippen molar-refractivity contribution in [1.82, 2.24) is 20.1 Å². The molecular weight excluding hydrogens is 404 g/mol. The van der Waals surface area contributed by atoms with E-state index in [1.54, 1.807) is 18.2 Å². The van der Waals surface area contributed by atoms with E-state index in [1.807, 2.05) is 47.5 Å². The molecule has 3 heterocycles. The van der Waals surface area contributed by atoms with Gasteiger partial charge in [-0.15, -0.1) is 12.4 Å². The maximum Gasteiger partial charge on any atom is 0.228 e. The number of hydrogen-bond acceptors (Lipinski definition) is 5. The van der Waals surface area contributed by atoms with Gasteiger partial charge < -0.3 is 19.9 Å². The third-order valence-electron chi connectivity index (χ3n) is 5.69. The predicted octanol–water partition coefficient (Wildman–Crippen LogP) is 2.03. The number of hydrogen-bond donors (Lipinski definition) is 1. The number of piperazine rings is 1. The van der Waals surface area contributed by atoms with E-state index in [1.165, 1.54) is 0 Å². The van der Waals surface area contributed by atoms with Crippen LogP contribution in [0.5, 0.6) is 5.75 Å². The average Bonchev–Trinajstić information content (AvgIpc) is 3.14. The van der Waals surface area contributed by atoms with Crippen LogP contribution in [-0.2, 0) is 16.1 Å². The molecule has 0 spiro atoms. The Morgan fingerprint density at radius 2 is 2.07 bits per heavy atom. The summed E-state index contributed by atoms with van der Waals surface area (Å²) in [7, 11) is 1.63. The van der Waals surface area contributed by atoms with Gasteiger partial charge in [-0.2, -0.15) is 0 Å². The molecule has 2 fully saturated rings. The molecule has 1 N–H and O–H groups in total. The van der Waals surface area contributed by atoms with Crippen molar-refractivity contribution < 1.29 is 14.3 Å². The Morgan fingerprint density at radius 1 is 1.27 bits per heavy atom. The lowest BCUT2D eigenvalue weighted by Crippen LogP contribution is -2.50. The molecule has 4 rings (SSSR count). The van der Waals surface area contributed by atoms with E-state index in [0.717, 1.165) is 23.4 Å². The number of pyridine rings is 1. The Hall–Kier alpha value is -2.64. The molecule has 0 radical (unpaired) electrons. The van der Waals surface area contributed by atoms with Crippen molar-refractivity contribution in [3.63, 3.8) is 0 Å². The molecule has 7 nitrogen and oxygen atoms in total. The number of aromatic nitrogens is 1. The highest BCUT2D eigenvalue weighted by molar-refractivity contribution is 5.89. The van der Waals surface area contributed by atoms with Gasteiger partial charge in [-0.05, 0) is 29.3 Å². The lowest BCUT2D eigenvalue weighted by Gasteiger charge is -2.37. The van der Waals surface area contributed by atoms with Crippen LogP contribution in [0.25, 0.3) is 0 Å². The number of nitrogens with one attached hydrogen (secondary N) is 1. The van der Waals surface area contributed by atoms with Crippen LogP contribution in [0.1, 0.15) is 23.6 Å². The summed E-state index contributed by atoms with van der Waals surface area (Å²) in [5.41, 5.74) is 2.05. The molecule has 2 saturated heterocycles. The second kappa shape index (κ2) is 9.91. The first-order valence-corrected chi connectivity index (χ1v) is 9.97. The zero-order chi connectivity index (χ0) is 20.2. The number of likely N-dealkylation sites (tertiary alicyclic amines) is 1. The van der Waals surface area contributed by atoms with Crippen LogP contribution in [0.4, 0.5) is 0 Å². The van der Waals surface area contributed by atoms with Gasteiger partial charge in [0, 0.05) is 51.5 Å². The molecule has 2 aliphatic rings. The number of ether oxygens (including phenoxy) is 1. The minimum absolute atomic E-state index is 0. The molecule has 0 aliphatic carbocycles. The number of methoxy groups -OCH3 is 1. The quantitative estimate of drug-likeness (QED) is 0.785. The fourth-order valence-electron chi connectivity index (χ4n) is 4.12. The van der Waals surface area contributed by atoms with Gasteiger partial charge in [-0.1, -0.05) is 18.2 Å². The van der Waals surface area contributed by atoms with E-state index < -0.39 is 0 Å². The smallest absolute Gasteiger partial charge is 0.228 e. The van der Waals surface area contributed by atoms with Crippen LogP contribution in [0.15, 0.2) is 48.8 Å². The van der Waals surface area contributed by atoms with Crippen LogP contribution in [0.2, 0.25) is 0 Å². The maximum atomic E-state index is 13.3. The van der Waals surface area contributed by atoms with Crippen molar-refractivity contribution in [2.24, 2.45) is 5.92 Å². The first-order valence-electron chi connectivity index (χ1n) is 9.97. The van der Waals surface area contributed by atoms with Crippen LogP contribution < -0.4 is 10.1 Å². The average molecular weight is 431 g/mol. The Balaban J connectivity index is 0.00000256. The van der Waals surface area contributed by atoms with Crippen molar-refractivity contribution >= 4 is 24.2 Å². The van der Waals surface area contributed by atoms with Crippen LogP contribution >= 0.6 is 12.4 Å². The minimum Gasteiger partial charge on any atom is -0.497 e. The highest BCUT2D eigenvalue weighted by Gasteiger charge is 2.39. The van der Waals surface area contributed by atoms with E-state index in [2.05, 4.69) is 10.3 Å². The van der Waals surface area contributed by atoms with Crippen molar-refractivity contribution in [1.29, 1.82) is 0 Å². The molecule has 8 heteroatoms. The second-order valence-corrected chi connectivity index (χ2v) is 7.56. The van der Waals surface area contributed by atoms with Gasteiger partial charge in [0.05, 0.1) is 19.1 Å². The fourth-order valence-corrected chi connectivity index (χ4v) is 4.12. The van der Waals surface area contributed by atoms with Crippen molar-refractivity contribution in [3.05, 3.63) is 59.9 Å². The van der Waals surface area contributed by atoms with Gasteiger partial charge in [-0.3, -0.25) is 14.6 Å². The summed E-state index contributed by atoms with van der Waals surface area (Å²) in [6.45, 7) is 3.08. The molecule has 2 unspecified atom stereocenters. The Kier molecular flexibility index (Phi) is 7.29. The number of carbonyl (C=O) groups is 2. The lowest BCUT2D eigenvalue weighted by molar-refractivity contribution is -0.139. The molecule has 30 heavy (non-hydrogen) atoms. The van der Waals surface area contributed by atoms with E-state index in [-0.39, 0.29) is 42.6 Å². The molecule has 1 aromatic heterocycles. The van der Waals surface area contributed by atoms with Crippen molar-refractivity contribution in [3.8, 4) is 5.75 Å². The summed E-state index contributed by atoms with van der Waals surface area (Å²) in [6.07, 6.45) is 3.82. The van der Waals surface area contributed by atoms with Crippen LogP contribution in [0, 0.1) is 5.92 Å². The SMILES string of the molecule is COc1ccc(CN2CC(C(=O)N3CCNCC3c3cccnc3)CC2=O)cc1.Cl. The van der Waals surface area contributed by atoms with Crippen molar-refractivity contribution in [2.75, 3.05) is 33.3 Å². The number of rotatable bonds is 5. The summed E-state index contributed by atoms with van der Waals surface area (Å²) in [5, 5.41) is 3.36. The summed E-state index contributed by atoms with van der Waals surface area (Å²) in [6, 6.07) is 11.5. The Labute approximate surface area is 182 Å². The minimum atomic E-state index is -0.294. The van der Waals surface area contributed by atoms with Gasteiger partial charge in [0.2, 0.25) is 11.8 Å². The lowest BCUT2D eigenvalue weighted by atomic mass is 10.0. The molecule has 0 saturated carbocycles. The number of nitrogens with zero attached hydrogens (tertiary/aromatic N) is 3. The Morgan fingerprint density at radius 3 is 2.77 bits per heavy atom. The number of halogens is 1. The number of carbonyl (C=O) groups excluding carboxylic acids is 2. The standard InChI is InChI=1S/C22H26N4O3.ClH/c1-29-19-6-4-16(5-7-19)14-25-15-18(11-21(25)27)22(28)26-10-9-24-13-20(26)17-3-2-8-23-12-17;/h2-8,12,18,20,24H,9-11,13-15H2,1H3;1H. The molecule has 2 aromatic rings. The normalized spacial score (nSPS) is 21.3. The zero-order valence-corrected chi connectivity index (χ0v) is 17.8. The molecule has 2 atom stereocenters. The maximum absolute atomic E-state index is 13.3. The first kappa shape index (κ1) is 22.1. The van der Waals surface area contributed by atoms with Gasteiger partial charge in [-0.25, -0.2) is 0 Å². The van der Waals surface area contributed by atoms with E-state index in [4.69, 9.17) is 4.74 Å². The van der Waals surface area contributed by atoms with Crippen LogP contribution in [0.3, 0.4) is 0 Å². The summed E-state index contributed by atoms with van der Waals surface area (Å²) in [4.78, 5) is 33.8. The van der Waals surface area contributed by atoms with Gasteiger partial charge in [0.15, 0.2) is 0 Å². The highest BCUT2D eigenvalue weighted by Crippen LogP contribution is 2.28. The third kappa shape index (κ3) is 4.74. The van der Waals surface area contributed by atoms with E-state index >= 15 is 0 Å². The summed E-state index contributed by atoms with van der Waals surface area (Å²) in [5.74, 6) is 0.589.